The first-order valence-corrected chi connectivity index (χ1v) is 13.4. The molecule has 0 aromatic heterocycles. The van der Waals surface area contributed by atoms with Crippen LogP contribution in [0.15, 0.2) is 11.6 Å². The number of ether oxygens (including phenoxy) is 3. The number of carbonyl (C=O) groups excluding carboxylic acids is 3. The highest BCUT2D eigenvalue weighted by atomic mass is 16.6. The Morgan fingerprint density at radius 2 is 1.86 bits per heavy atom. The van der Waals surface area contributed by atoms with Crippen LogP contribution in [0.2, 0.25) is 0 Å². The van der Waals surface area contributed by atoms with Gasteiger partial charge >= 0.3 is 11.9 Å². The molecule has 0 aromatic carbocycles. The standard InChI is InChI=1S/C28H44O7/c1-7-9-22(30)33-16-18(4)19-12-11-17(3)24-20(29)15-27(5,32)21-13-14-28(6,26(34-21)25(19)24)35-23(31)10-8-2/h11,18-19,21,24-26,32H,7-10,12-16H2,1-6H3/t18-,19+,21+,24+,25+,26+,27-,28+/m0/s1. The van der Waals surface area contributed by atoms with E-state index in [0.717, 1.165) is 18.4 Å². The molecular weight excluding hydrogens is 448 g/mol. The number of carbonyl (C=O) groups is 3. The van der Waals surface area contributed by atoms with Crippen LogP contribution in [0.4, 0.5) is 0 Å². The van der Waals surface area contributed by atoms with E-state index in [-0.39, 0.29) is 48.5 Å². The molecular formula is C28H44O7. The summed E-state index contributed by atoms with van der Waals surface area (Å²) in [6.07, 6.45) is 4.98. The molecule has 3 rings (SSSR count). The summed E-state index contributed by atoms with van der Waals surface area (Å²) in [6, 6.07) is 0. The van der Waals surface area contributed by atoms with E-state index in [1.807, 2.05) is 27.7 Å². The van der Waals surface area contributed by atoms with Gasteiger partial charge in [0.1, 0.15) is 17.5 Å². The first kappa shape index (κ1) is 27.9. The fourth-order valence-corrected chi connectivity index (χ4v) is 6.37. The fraction of sp³-hybridized carbons (Fsp3) is 0.821. The SMILES string of the molecule is CCCC(=O)OC[C@H](C)[C@H]1CC=C(C)[C@@H]2C(=O)C[C@](C)(O)[C@H]3CC[C@@](C)(OC(=O)CCC)[C@H](O3)[C@@H]21. The molecule has 0 radical (unpaired) electrons. The summed E-state index contributed by atoms with van der Waals surface area (Å²) in [7, 11) is 0. The molecule has 2 bridgehead atoms. The van der Waals surface area contributed by atoms with Crippen molar-refractivity contribution in [2.75, 3.05) is 6.61 Å². The molecule has 0 spiro atoms. The maximum Gasteiger partial charge on any atom is 0.306 e. The molecule has 3 aliphatic rings. The van der Waals surface area contributed by atoms with Gasteiger partial charge in [0.25, 0.3) is 0 Å². The van der Waals surface area contributed by atoms with Gasteiger partial charge in [-0.25, -0.2) is 0 Å². The minimum atomic E-state index is -1.29. The van der Waals surface area contributed by atoms with Crippen LogP contribution in [0, 0.1) is 23.7 Å². The topological polar surface area (TPSA) is 99.1 Å². The summed E-state index contributed by atoms with van der Waals surface area (Å²) in [5.74, 6) is -1.19. The summed E-state index contributed by atoms with van der Waals surface area (Å²) < 4.78 is 18.3. The van der Waals surface area contributed by atoms with Crippen molar-refractivity contribution in [3.8, 4) is 0 Å². The molecule has 2 aliphatic heterocycles. The van der Waals surface area contributed by atoms with Crippen molar-refractivity contribution in [3.63, 3.8) is 0 Å². The van der Waals surface area contributed by atoms with Crippen LogP contribution in [-0.4, -0.2) is 52.8 Å². The largest absolute Gasteiger partial charge is 0.465 e. The Bertz CT molecular complexity index is 831. The number of esters is 2. The van der Waals surface area contributed by atoms with E-state index in [2.05, 4.69) is 13.0 Å². The van der Waals surface area contributed by atoms with Gasteiger partial charge in [-0.3, -0.25) is 14.4 Å². The summed E-state index contributed by atoms with van der Waals surface area (Å²) in [5.41, 5.74) is -1.23. The normalized spacial score (nSPS) is 37.9. The number of hydrogen-bond donors (Lipinski definition) is 1. The molecule has 7 nitrogen and oxygen atoms in total. The molecule has 2 saturated heterocycles. The van der Waals surface area contributed by atoms with Crippen LogP contribution in [0.5, 0.6) is 0 Å². The van der Waals surface area contributed by atoms with Gasteiger partial charge in [0.2, 0.25) is 0 Å². The number of rotatable bonds is 8. The lowest BCUT2D eigenvalue weighted by molar-refractivity contribution is -0.255. The van der Waals surface area contributed by atoms with Gasteiger partial charge in [-0.15, -0.1) is 0 Å². The fourth-order valence-electron chi connectivity index (χ4n) is 6.37. The highest BCUT2D eigenvalue weighted by molar-refractivity contribution is 5.85. The lowest BCUT2D eigenvalue weighted by atomic mass is 9.59. The minimum absolute atomic E-state index is 0.00178. The van der Waals surface area contributed by atoms with Crippen molar-refractivity contribution in [3.05, 3.63) is 11.6 Å². The summed E-state index contributed by atoms with van der Waals surface area (Å²) in [5, 5.41) is 11.2. The number of ketones is 1. The van der Waals surface area contributed by atoms with Gasteiger partial charge in [0.05, 0.1) is 18.3 Å². The molecule has 7 heteroatoms. The van der Waals surface area contributed by atoms with Gasteiger partial charge < -0.3 is 19.3 Å². The molecule has 1 aliphatic carbocycles. The van der Waals surface area contributed by atoms with Gasteiger partial charge in [-0.1, -0.05) is 32.4 Å². The van der Waals surface area contributed by atoms with Crippen LogP contribution in [0.3, 0.4) is 0 Å². The van der Waals surface area contributed by atoms with Crippen molar-refractivity contribution in [2.24, 2.45) is 23.7 Å². The van der Waals surface area contributed by atoms with E-state index in [1.54, 1.807) is 6.92 Å². The Morgan fingerprint density at radius 1 is 1.20 bits per heavy atom. The Hall–Kier alpha value is -1.73. The third-order valence-electron chi connectivity index (χ3n) is 8.31. The van der Waals surface area contributed by atoms with Gasteiger partial charge in [0, 0.05) is 31.1 Å². The second-order valence-electron chi connectivity index (χ2n) is 11.4. The number of fused-ring (bicyclic) bond motifs is 4. The molecule has 0 saturated carbocycles. The Labute approximate surface area is 210 Å². The van der Waals surface area contributed by atoms with Crippen LogP contribution in [0.25, 0.3) is 0 Å². The lowest BCUT2D eigenvalue weighted by Gasteiger charge is -2.55. The van der Waals surface area contributed by atoms with Crippen molar-refractivity contribution < 1.29 is 33.7 Å². The second-order valence-corrected chi connectivity index (χ2v) is 11.4. The molecule has 2 fully saturated rings. The van der Waals surface area contributed by atoms with E-state index in [9.17, 15) is 19.5 Å². The van der Waals surface area contributed by atoms with Crippen LogP contribution >= 0.6 is 0 Å². The van der Waals surface area contributed by atoms with Crippen LogP contribution in [0.1, 0.15) is 92.9 Å². The Balaban J connectivity index is 2.00. The monoisotopic (exact) mass is 492 g/mol. The predicted molar refractivity (Wildman–Crippen MR) is 131 cm³/mol. The van der Waals surface area contributed by atoms with Gasteiger partial charge in [-0.05, 0) is 64.7 Å². The molecule has 8 atom stereocenters. The first-order chi connectivity index (χ1) is 16.4. The predicted octanol–water partition coefficient (Wildman–Crippen LogP) is 4.54. The molecule has 2 heterocycles. The van der Waals surface area contributed by atoms with E-state index in [4.69, 9.17) is 14.2 Å². The zero-order valence-corrected chi connectivity index (χ0v) is 22.3. The molecule has 0 unspecified atom stereocenters. The smallest absolute Gasteiger partial charge is 0.306 e. The van der Waals surface area contributed by atoms with Crippen LogP contribution in [-0.2, 0) is 28.6 Å². The lowest BCUT2D eigenvalue weighted by Crippen LogP contribution is -2.64. The maximum absolute atomic E-state index is 13.7. The van der Waals surface area contributed by atoms with E-state index < -0.39 is 29.3 Å². The zero-order valence-electron chi connectivity index (χ0n) is 22.3. The Morgan fingerprint density at radius 3 is 2.51 bits per heavy atom. The molecule has 1 N–H and O–H groups in total. The summed E-state index contributed by atoms with van der Waals surface area (Å²) >= 11 is 0. The minimum Gasteiger partial charge on any atom is -0.465 e. The Kier molecular flexibility index (Phi) is 8.85. The van der Waals surface area contributed by atoms with Crippen molar-refractivity contribution >= 4 is 17.7 Å². The highest BCUT2D eigenvalue weighted by Gasteiger charge is 2.58. The average molecular weight is 493 g/mol. The third-order valence-corrected chi connectivity index (χ3v) is 8.31. The quantitative estimate of drug-likeness (QED) is 0.392. The molecule has 35 heavy (non-hydrogen) atoms. The number of allylic oxidation sites excluding steroid dienone is 2. The molecule has 0 amide bonds. The zero-order chi connectivity index (χ0) is 26.0. The average Bonchev–Trinajstić information content (AvgIpc) is 2.76. The van der Waals surface area contributed by atoms with E-state index >= 15 is 0 Å². The maximum atomic E-state index is 13.7. The molecule has 0 aromatic rings. The van der Waals surface area contributed by atoms with Crippen molar-refractivity contribution in [1.82, 2.24) is 0 Å². The van der Waals surface area contributed by atoms with Gasteiger partial charge in [-0.2, -0.15) is 0 Å². The first-order valence-electron chi connectivity index (χ1n) is 13.4. The van der Waals surface area contributed by atoms with E-state index in [1.165, 1.54) is 0 Å². The number of Topliss-reactive ketones (excluding diaryl/α,β-unsaturated/α-hetero) is 1. The van der Waals surface area contributed by atoms with Crippen LogP contribution < -0.4 is 0 Å². The van der Waals surface area contributed by atoms with Gasteiger partial charge in [0.15, 0.2) is 0 Å². The highest BCUT2D eigenvalue weighted by Crippen LogP contribution is 2.51. The van der Waals surface area contributed by atoms with Crippen molar-refractivity contribution in [2.45, 2.75) is 116 Å². The van der Waals surface area contributed by atoms with Crippen molar-refractivity contribution in [1.29, 1.82) is 0 Å². The number of hydrogen-bond acceptors (Lipinski definition) is 7. The number of aliphatic hydroxyl groups is 1. The van der Waals surface area contributed by atoms with E-state index in [0.29, 0.717) is 32.1 Å². The third kappa shape index (κ3) is 5.99. The summed E-state index contributed by atoms with van der Waals surface area (Å²) in [6.45, 7) is 11.8. The molecule has 198 valence electrons. The summed E-state index contributed by atoms with van der Waals surface area (Å²) in [4.78, 5) is 38.4. The second kappa shape index (κ2) is 11.1.